The van der Waals surface area contributed by atoms with Crippen molar-refractivity contribution in [2.45, 2.75) is 157 Å². The molecule has 0 aliphatic heterocycles. The molecule has 12 N–H and O–H groups in total. The lowest BCUT2D eigenvalue weighted by Crippen LogP contribution is -2.61. The Hall–Kier alpha value is -4.50. The topological polar surface area (TPSA) is 316 Å². The maximum absolute atomic E-state index is 13.7. The molecule has 62 heavy (non-hydrogen) atoms. The SMILES string of the molecule is CSCC[C@H](NC(=O)[C@@H](NC(=O)[C@@H](N)C(C)C)C(C)C)C(=O)NCC(=O)N[C@H](C(=O)N[C@@H](CC(C)C)C(=O)N[C@H](C(=O)N[C@@H](C)C(=O)N[C@@H](CC(C)C)C(=O)O)C(C)C)[C@@H](C)O. The number of aliphatic hydroxyl groups is 1. The van der Waals surface area contributed by atoms with Crippen LogP contribution in [0.4, 0.5) is 0 Å². The van der Waals surface area contributed by atoms with E-state index in [9.17, 15) is 53.4 Å². The molecular formula is C41H75N9O11S. The third-order valence-electron chi connectivity index (χ3n) is 9.68. The van der Waals surface area contributed by atoms with Gasteiger partial charge < -0.3 is 58.5 Å². The van der Waals surface area contributed by atoms with Crippen LogP contribution in [0.15, 0.2) is 0 Å². The van der Waals surface area contributed by atoms with Crippen LogP contribution in [0.25, 0.3) is 0 Å². The van der Waals surface area contributed by atoms with Gasteiger partial charge in [-0.05, 0) is 74.7 Å². The summed E-state index contributed by atoms with van der Waals surface area (Å²) in [6.45, 7) is 19.4. The van der Waals surface area contributed by atoms with Gasteiger partial charge in [-0.1, -0.05) is 69.2 Å². The van der Waals surface area contributed by atoms with E-state index in [0.717, 1.165) is 0 Å². The van der Waals surface area contributed by atoms with Gasteiger partial charge in [-0.25, -0.2) is 4.79 Å². The van der Waals surface area contributed by atoms with E-state index in [1.165, 1.54) is 25.6 Å². The minimum absolute atomic E-state index is 0.0292. The quantitative estimate of drug-likeness (QED) is 0.0456. The number of thioether (sulfide) groups is 1. The van der Waals surface area contributed by atoms with E-state index < -0.39 is 120 Å². The van der Waals surface area contributed by atoms with Crippen LogP contribution in [0, 0.1) is 29.6 Å². The molecule has 0 bridgehead atoms. The smallest absolute Gasteiger partial charge is 0.326 e. The van der Waals surface area contributed by atoms with Gasteiger partial charge in [-0.15, -0.1) is 0 Å². The van der Waals surface area contributed by atoms with Crippen molar-refractivity contribution < 1.29 is 53.4 Å². The van der Waals surface area contributed by atoms with E-state index in [2.05, 4.69) is 42.5 Å². The summed E-state index contributed by atoms with van der Waals surface area (Å²) in [6.07, 6.45) is 0.776. The fourth-order valence-corrected chi connectivity index (χ4v) is 6.36. The Morgan fingerprint density at radius 2 is 0.968 bits per heavy atom. The predicted molar refractivity (Wildman–Crippen MR) is 236 cm³/mol. The molecule has 0 aliphatic carbocycles. The Morgan fingerprint density at radius 3 is 1.42 bits per heavy atom. The first kappa shape index (κ1) is 57.5. The maximum Gasteiger partial charge on any atom is 0.326 e. The van der Waals surface area contributed by atoms with Crippen LogP contribution in [0.1, 0.15) is 102 Å². The molecule has 9 atom stereocenters. The second-order valence-corrected chi connectivity index (χ2v) is 18.5. The highest BCUT2D eigenvalue weighted by atomic mass is 32.2. The monoisotopic (exact) mass is 902 g/mol. The van der Waals surface area contributed by atoms with Gasteiger partial charge in [0.1, 0.15) is 42.3 Å². The molecule has 0 aromatic heterocycles. The van der Waals surface area contributed by atoms with Gasteiger partial charge in [-0.3, -0.25) is 38.4 Å². The number of hydrogen-bond acceptors (Lipinski definition) is 12. The standard InChI is InChI=1S/C41H75N9O11S/c1-19(2)16-27(36(55)49-31(22(7)8)38(57)44-24(11)34(53)47-28(41(60)61)17-20(3)4)46-40(59)33(25(12)51)48-29(52)18-43-35(54)26(14-15-62-13)45-39(58)32(23(9)10)50-37(56)30(42)21(5)6/h19-28,30-33,51H,14-18,42H2,1-13H3,(H,43,54)(H,44,57)(H,45,58)(H,46,59)(H,47,53)(H,48,52)(H,49,55)(H,50,56)(H,60,61)/t24-,25+,26-,27-,28-,30-,31-,32-,33-/m0/s1. The van der Waals surface area contributed by atoms with Gasteiger partial charge in [0.25, 0.3) is 0 Å². The Kier molecular flexibility index (Phi) is 26.2. The molecule has 0 radical (unpaired) electrons. The van der Waals surface area contributed by atoms with Crippen LogP contribution in [0.5, 0.6) is 0 Å². The van der Waals surface area contributed by atoms with E-state index in [0.29, 0.717) is 5.75 Å². The zero-order chi connectivity index (χ0) is 48.2. The van der Waals surface area contributed by atoms with E-state index in [1.807, 2.05) is 6.26 Å². The van der Waals surface area contributed by atoms with Gasteiger partial charge in [0, 0.05) is 0 Å². The number of carboxylic acid groups (broad SMARTS) is 1. The summed E-state index contributed by atoms with van der Waals surface area (Å²) in [7, 11) is 0. The number of amides is 8. The number of nitrogens with two attached hydrogens (primary N) is 1. The zero-order valence-electron chi connectivity index (χ0n) is 38.7. The molecule has 21 heteroatoms. The molecule has 0 aromatic rings. The molecule has 0 fully saturated rings. The summed E-state index contributed by atoms with van der Waals surface area (Å²) < 4.78 is 0. The highest BCUT2D eigenvalue weighted by Gasteiger charge is 2.35. The number of carbonyl (C=O) groups excluding carboxylic acids is 8. The number of hydrogen-bond donors (Lipinski definition) is 11. The number of carboxylic acids is 1. The van der Waals surface area contributed by atoms with Crippen molar-refractivity contribution >= 4 is 65.0 Å². The number of rotatable bonds is 28. The summed E-state index contributed by atoms with van der Waals surface area (Å²) in [5.41, 5.74) is 5.96. The maximum atomic E-state index is 13.7. The van der Waals surface area contributed by atoms with Crippen LogP contribution in [-0.2, 0) is 43.2 Å². The first-order chi connectivity index (χ1) is 28.6. The molecule has 8 amide bonds. The van der Waals surface area contributed by atoms with Crippen LogP contribution in [-0.4, -0.2) is 136 Å². The first-order valence-electron chi connectivity index (χ1n) is 21.2. The Labute approximate surface area is 370 Å². The van der Waals surface area contributed by atoms with Crippen molar-refractivity contribution in [3.8, 4) is 0 Å². The molecular weight excluding hydrogens is 827 g/mol. The van der Waals surface area contributed by atoms with Crippen molar-refractivity contribution in [1.29, 1.82) is 0 Å². The average Bonchev–Trinajstić information content (AvgIpc) is 3.16. The number of nitrogens with one attached hydrogen (secondary N) is 8. The molecule has 0 spiro atoms. The Morgan fingerprint density at radius 1 is 0.516 bits per heavy atom. The predicted octanol–water partition coefficient (Wildman–Crippen LogP) is -0.878. The molecule has 0 heterocycles. The molecule has 0 unspecified atom stereocenters. The normalized spacial score (nSPS) is 15.9. The van der Waals surface area contributed by atoms with Crippen molar-refractivity contribution in [3.63, 3.8) is 0 Å². The van der Waals surface area contributed by atoms with E-state index >= 15 is 0 Å². The highest BCUT2D eigenvalue weighted by Crippen LogP contribution is 2.11. The largest absolute Gasteiger partial charge is 0.480 e. The van der Waals surface area contributed by atoms with Gasteiger partial charge in [0.2, 0.25) is 47.3 Å². The molecule has 0 saturated heterocycles. The fraction of sp³-hybridized carbons (Fsp3) is 0.780. The first-order valence-corrected chi connectivity index (χ1v) is 22.6. The summed E-state index contributed by atoms with van der Waals surface area (Å²) in [4.78, 5) is 117. The minimum Gasteiger partial charge on any atom is -0.480 e. The van der Waals surface area contributed by atoms with Gasteiger partial charge in [0.15, 0.2) is 0 Å². The van der Waals surface area contributed by atoms with Crippen molar-refractivity contribution in [2.24, 2.45) is 35.3 Å². The molecule has 20 nitrogen and oxygen atoms in total. The Balaban J connectivity index is 5.87. The molecule has 0 aliphatic rings. The third-order valence-corrected chi connectivity index (χ3v) is 10.3. The number of aliphatic carboxylic acids is 1. The van der Waals surface area contributed by atoms with Gasteiger partial charge >= 0.3 is 5.97 Å². The van der Waals surface area contributed by atoms with Crippen molar-refractivity contribution in [1.82, 2.24) is 42.5 Å². The minimum atomic E-state index is -1.59. The summed E-state index contributed by atoms with van der Waals surface area (Å²) >= 11 is 1.42. The third kappa shape index (κ3) is 21.0. The van der Waals surface area contributed by atoms with Crippen LogP contribution in [0.3, 0.4) is 0 Å². The lowest BCUT2D eigenvalue weighted by Gasteiger charge is -2.29. The van der Waals surface area contributed by atoms with E-state index in [4.69, 9.17) is 5.73 Å². The Bertz CT molecular complexity index is 1530. The average molecular weight is 902 g/mol. The van der Waals surface area contributed by atoms with Crippen molar-refractivity contribution in [3.05, 3.63) is 0 Å². The number of carbonyl (C=O) groups is 9. The summed E-state index contributed by atoms with van der Waals surface area (Å²) in [6, 6.07) is -9.30. The molecule has 0 saturated carbocycles. The lowest BCUT2D eigenvalue weighted by molar-refractivity contribution is -0.142. The van der Waals surface area contributed by atoms with Crippen LogP contribution >= 0.6 is 11.8 Å². The second kappa shape index (κ2) is 28.2. The van der Waals surface area contributed by atoms with Crippen LogP contribution < -0.4 is 48.3 Å². The highest BCUT2D eigenvalue weighted by molar-refractivity contribution is 7.98. The van der Waals surface area contributed by atoms with Crippen LogP contribution in [0.2, 0.25) is 0 Å². The zero-order valence-corrected chi connectivity index (χ0v) is 39.5. The lowest BCUT2D eigenvalue weighted by atomic mass is 9.99. The van der Waals surface area contributed by atoms with Crippen molar-refractivity contribution in [2.75, 3.05) is 18.6 Å². The summed E-state index contributed by atoms with van der Waals surface area (Å²) in [5.74, 6) is -7.87. The van der Waals surface area contributed by atoms with Gasteiger partial charge in [-0.2, -0.15) is 11.8 Å². The second-order valence-electron chi connectivity index (χ2n) is 17.5. The van der Waals surface area contributed by atoms with Gasteiger partial charge in [0.05, 0.1) is 18.7 Å². The molecule has 0 rings (SSSR count). The fourth-order valence-electron chi connectivity index (χ4n) is 5.89. The van der Waals surface area contributed by atoms with E-state index in [-0.39, 0.29) is 42.9 Å². The summed E-state index contributed by atoms with van der Waals surface area (Å²) in [5, 5.41) is 40.2. The number of aliphatic hydroxyl groups excluding tert-OH is 1. The molecule has 356 valence electrons. The molecule has 0 aromatic carbocycles. The van der Waals surface area contributed by atoms with E-state index in [1.54, 1.807) is 69.2 Å².